The van der Waals surface area contributed by atoms with Crippen LogP contribution in [0.5, 0.6) is 6.01 Å². The second kappa shape index (κ2) is 12.9. The van der Waals surface area contributed by atoms with E-state index in [0.717, 1.165) is 44.8 Å². The summed E-state index contributed by atoms with van der Waals surface area (Å²) in [6, 6.07) is 6.63. The van der Waals surface area contributed by atoms with E-state index in [1.165, 1.54) is 12.1 Å². The first-order valence-corrected chi connectivity index (χ1v) is 13.9. The number of aliphatic imine (C=N–C) groups is 1. The van der Waals surface area contributed by atoms with Crippen molar-refractivity contribution in [3.8, 4) is 6.01 Å². The maximum atomic E-state index is 14.2. The minimum absolute atomic E-state index is 0.0514. The van der Waals surface area contributed by atoms with Gasteiger partial charge in [0, 0.05) is 37.3 Å². The van der Waals surface area contributed by atoms with Crippen molar-refractivity contribution in [2.45, 2.75) is 57.9 Å². The molecule has 0 spiro atoms. The number of halogens is 2. The molecule has 1 aromatic carbocycles. The molecule has 1 atom stereocenters. The summed E-state index contributed by atoms with van der Waals surface area (Å²) < 4.78 is 27.9. The zero-order valence-electron chi connectivity index (χ0n) is 22.8. The van der Waals surface area contributed by atoms with Crippen LogP contribution in [-0.2, 0) is 29.0 Å². The lowest BCUT2D eigenvalue weighted by Crippen LogP contribution is -2.39. The first-order chi connectivity index (χ1) is 19.8. The van der Waals surface area contributed by atoms with Crippen molar-refractivity contribution in [1.29, 1.82) is 0 Å². The number of carbonyl (C=O) groups is 1. The van der Waals surface area contributed by atoms with Crippen molar-refractivity contribution < 1.29 is 23.8 Å². The number of likely N-dealkylation sites (tertiary alicyclic amines) is 1. The van der Waals surface area contributed by atoms with Crippen LogP contribution in [0, 0.1) is 12.7 Å². The summed E-state index contributed by atoms with van der Waals surface area (Å²) in [5, 5.41) is 9.80. The van der Waals surface area contributed by atoms with Crippen molar-refractivity contribution in [3.05, 3.63) is 76.7 Å². The highest BCUT2D eigenvalue weighted by molar-refractivity contribution is 6.40. The third-order valence-electron chi connectivity index (χ3n) is 7.26. The molecule has 2 aliphatic rings. The van der Waals surface area contributed by atoms with Crippen molar-refractivity contribution in [2.24, 2.45) is 4.99 Å². The molecule has 0 radical (unpaired) electrons. The summed E-state index contributed by atoms with van der Waals surface area (Å²) in [6.45, 7) is 8.83. The number of aliphatic carboxylic acids is 1. The molecule has 2 aliphatic heterocycles. The number of imidazole rings is 1. The number of piperidine rings is 1. The maximum absolute atomic E-state index is 14.2. The molecular formula is C29H32ClFN6O4. The number of hydrogen-bond donors (Lipinski definition) is 1. The Labute approximate surface area is 242 Å². The van der Waals surface area contributed by atoms with Crippen molar-refractivity contribution >= 4 is 29.1 Å². The Morgan fingerprint density at radius 1 is 1.29 bits per heavy atom. The lowest BCUT2D eigenvalue weighted by Gasteiger charge is -2.32. The Balaban J connectivity index is 1.22. The van der Waals surface area contributed by atoms with Gasteiger partial charge in [0.2, 0.25) is 0 Å². The molecular weight excluding hydrogens is 551 g/mol. The summed E-state index contributed by atoms with van der Waals surface area (Å²) in [5.74, 6) is -0.178. The van der Waals surface area contributed by atoms with E-state index in [1.54, 1.807) is 24.4 Å². The monoisotopic (exact) mass is 582 g/mol. The highest BCUT2D eigenvalue weighted by Gasteiger charge is 2.27. The first kappa shape index (κ1) is 28.8. The van der Waals surface area contributed by atoms with Gasteiger partial charge >= 0.3 is 12.0 Å². The Bertz CT molecular complexity index is 1450. The predicted octanol–water partition coefficient (Wildman–Crippen LogP) is 4.54. The van der Waals surface area contributed by atoms with Gasteiger partial charge in [0.25, 0.3) is 0 Å². The number of carboxylic acid groups (broad SMARTS) is 1. The molecule has 2 fully saturated rings. The second-order valence-corrected chi connectivity index (χ2v) is 10.6. The third-order valence-corrected chi connectivity index (χ3v) is 7.49. The van der Waals surface area contributed by atoms with Gasteiger partial charge in [-0.1, -0.05) is 24.2 Å². The van der Waals surface area contributed by atoms with Crippen LogP contribution < -0.4 is 4.74 Å². The van der Waals surface area contributed by atoms with Gasteiger partial charge in [-0.3, -0.25) is 4.90 Å². The number of aromatic nitrogens is 4. The molecule has 0 unspecified atom stereocenters. The lowest BCUT2D eigenvalue weighted by molar-refractivity contribution is -0.129. The first-order valence-electron chi connectivity index (χ1n) is 13.6. The average Bonchev–Trinajstić information content (AvgIpc) is 3.20. The summed E-state index contributed by atoms with van der Waals surface area (Å²) in [5.41, 5.74) is 1.70. The van der Waals surface area contributed by atoms with Gasteiger partial charge in [0.05, 0.1) is 30.6 Å². The van der Waals surface area contributed by atoms with E-state index in [4.69, 9.17) is 26.1 Å². The van der Waals surface area contributed by atoms with Crippen LogP contribution in [0.4, 0.5) is 10.2 Å². The molecule has 216 valence electrons. The number of hydrogen-bond acceptors (Lipinski definition) is 8. The van der Waals surface area contributed by atoms with Gasteiger partial charge in [-0.15, -0.1) is 0 Å². The summed E-state index contributed by atoms with van der Waals surface area (Å²) >= 11 is 5.86. The van der Waals surface area contributed by atoms with E-state index in [9.17, 15) is 14.3 Å². The van der Waals surface area contributed by atoms with Crippen LogP contribution in [0.3, 0.4) is 0 Å². The zero-order valence-corrected chi connectivity index (χ0v) is 23.6. The van der Waals surface area contributed by atoms with E-state index < -0.39 is 5.97 Å². The van der Waals surface area contributed by atoms with E-state index >= 15 is 0 Å². The molecule has 1 N–H and O–H groups in total. The van der Waals surface area contributed by atoms with E-state index in [0.29, 0.717) is 47.3 Å². The molecule has 0 amide bonds. The number of rotatable bonds is 11. The van der Waals surface area contributed by atoms with E-state index in [1.807, 2.05) is 11.5 Å². The molecule has 5 rings (SSSR count). The number of ether oxygens (including phenoxy) is 2. The average molecular weight is 583 g/mol. The topological polar surface area (TPSA) is 115 Å². The van der Waals surface area contributed by atoms with Gasteiger partial charge in [0.15, 0.2) is 5.82 Å². The summed E-state index contributed by atoms with van der Waals surface area (Å²) in [4.78, 5) is 31.7. The van der Waals surface area contributed by atoms with Crippen molar-refractivity contribution in [1.82, 2.24) is 24.4 Å². The van der Waals surface area contributed by atoms with Gasteiger partial charge in [-0.25, -0.2) is 24.1 Å². The summed E-state index contributed by atoms with van der Waals surface area (Å²) in [6.07, 6.45) is 5.66. The zero-order chi connectivity index (χ0) is 28.9. The van der Waals surface area contributed by atoms with Crippen LogP contribution in [0.1, 0.15) is 42.0 Å². The van der Waals surface area contributed by atoms with Crippen molar-refractivity contribution in [3.63, 3.8) is 0 Å². The fourth-order valence-corrected chi connectivity index (χ4v) is 5.09. The van der Waals surface area contributed by atoms with E-state index in [-0.39, 0.29) is 29.7 Å². The predicted molar refractivity (Wildman–Crippen MR) is 151 cm³/mol. The van der Waals surface area contributed by atoms with Gasteiger partial charge in [0.1, 0.15) is 23.5 Å². The number of benzene rings is 1. The van der Waals surface area contributed by atoms with Crippen LogP contribution in [0.2, 0.25) is 5.02 Å². The lowest BCUT2D eigenvalue weighted by atomic mass is 10.1. The molecule has 12 heteroatoms. The molecule has 4 heterocycles. The molecule has 0 saturated carbocycles. The third kappa shape index (κ3) is 7.16. The minimum atomic E-state index is -1.14. The smallest absolute Gasteiger partial charge is 0.354 e. The fraction of sp³-hybridized carbons (Fsp3) is 0.414. The van der Waals surface area contributed by atoms with Crippen LogP contribution in [0.25, 0.3) is 0 Å². The molecule has 0 aliphatic carbocycles. The highest BCUT2D eigenvalue weighted by Crippen LogP contribution is 2.27. The van der Waals surface area contributed by atoms with Gasteiger partial charge < -0.3 is 19.1 Å². The Kier molecular flexibility index (Phi) is 9.06. The largest absolute Gasteiger partial charge is 0.477 e. The number of carboxylic acids is 1. The maximum Gasteiger partial charge on any atom is 0.354 e. The molecule has 2 aromatic heterocycles. The fourth-order valence-electron chi connectivity index (χ4n) is 4.93. The SMILES string of the molecule is C=C/C(=N\c1c(C)nc(CN2CCC(Oc3nccc(Cc4ccc(Cl)cc4F)n3)CC2)n1C[C@@H]1CCO1)C(=O)O. The Hall–Kier alpha value is -3.67. The summed E-state index contributed by atoms with van der Waals surface area (Å²) in [7, 11) is 0. The molecule has 0 bridgehead atoms. The van der Waals surface area contributed by atoms with Crippen molar-refractivity contribution in [2.75, 3.05) is 19.7 Å². The second-order valence-electron chi connectivity index (χ2n) is 10.2. The Morgan fingerprint density at radius 2 is 2.07 bits per heavy atom. The van der Waals surface area contributed by atoms with Crippen LogP contribution in [-0.4, -0.2) is 73.1 Å². The van der Waals surface area contributed by atoms with E-state index in [2.05, 4.69) is 26.4 Å². The standard InChI is InChI=1S/C29H32ClFN6O4/c1-3-25(28(38)39)35-27-18(2)33-26(37(27)16-23-9-13-40-23)17-36-11-7-22(8-12-36)41-29-32-10-6-21(34-29)14-19-4-5-20(30)15-24(19)31/h3-6,10,15,22-23H,1,7-9,11-14,16-17H2,2H3,(H,38,39)/b35-25+/t23-/m0/s1. The van der Waals surface area contributed by atoms with Crippen LogP contribution >= 0.6 is 11.6 Å². The highest BCUT2D eigenvalue weighted by atomic mass is 35.5. The number of nitrogens with zero attached hydrogens (tertiary/aromatic N) is 6. The van der Waals surface area contributed by atoms with Crippen LogP contribution in [0.15, 0.2) is 48.1 Å². The normalized spacial score (nSPS) is 18.2. The quantitative estimate of drug-likeness (QED) is 0.328. The minimum Gasteiger partial charge on any atom is -0.477 e. The molecule has 41 heavy (non-hydrogen) atoms. The van der Waals surface area contributed by atoms with Gasteiger partial charge in [-0.05, 0) is 56.0 Å². The Morgan fingerprint density at radius 3 is 2.73 bits per heavy atom. The molecule has 3 aromatic rings. The molecule has 10 nitrogen and oxygen atoms in total. The van der Waals surface area contributed by atoms with Gasteiger partial charge in [-0.2, -0.15) is 4.98 Å². The number of aryl methyl sites for hydroxylation is 1. The molecule has 2 saturated heterocycles.